The van der Waals surface area contributed by atoms with Gasteiger partial charge in [0.2, 0.25) is 0 Å². The Morgan fingerprint density at radius 1 is 1.64 bits per heavy atom. The Balaban J connectivity index is 2.92. The maximum Gasteiger partial charge on any atom is 0.167 e. The molecule has 1 aromatic rings. The van der Waals surface area contributed by atoms with E-state index in [1.165, 1.54) is 12.3 Å². The third-order valence-electron chi connectivity index (χ3n) is 1.82. The second-order valence-corrected chi connectivity index (χ2v) is 3.96. The van der Waals surface area contributed by atoms with Gasteiger partial charge in [0.15, 0.2) is 11.6 Å². The molecule has 0 unspecified atom stereocenters. The molecule has 0 spiro atoms. The van der Waals surface area contributed by atoms with E-state index in [1.807, 2.05) is 11.8 Å². The third kappa shape index (κ3) is 2.82. The van der Waals surface area contributed by atoms with Crippen LogP contribution < -0.4 is 4.90 Å². The van der Waals surface area contributed by atoms with Crippen LogP contribution in [0.4, 0.5) is 10.2 Å². The molecule has 0 aromatic carbocycles. The molecule has 0 aliphatic rings. The number of rotatable bonds is 4. The smallest absolute Gasteiger partial charge is 0.167 e. The molecular weight excluding hydrogens is 270 g/mol. The average Bonchev–Trinajstić information content (AvgIpc) is 2.15. The molecule has 0 aliphatic carbocycles. The highest BCUT2D eigenvalue weighted by Crippen LogP contribution is 2.19. The SMILES string of the molecule is CCN(CCBr)c1ncc(Cl)cc1F. The van der Waals surface area contributed by atoms with Crippen LogP contribution in [0, 0.1) is 5.82 Å². The van der Waals surface area contributed by atoms with Gasteiger partial charge in [0.25, 0.3) is 0 Å². The Labute approximate surface area is 96.2 Å². The van der Waals surface area contributed by atoms with E-state index in [4.69, 9.17) is 11.6 Å². The van der Waals surface area contributed by atoms with Gasteiger partial charge in [0.05, 0.1) is 5.02 Å². The lowest BCUT2D eigenvalue weighted by atomic mass is 10.4. The van der Waals surface area contributed by atoms with E-state index in [2.05, 4.69) is 20.9 Å². The second-order valence-electron chi connectivity index (χ2n) is 2.73. The summed E-state index contributed by atoms with van der Waals surface area (Å²) in [6, 6.07) is 1.28. The first-order chi connectivity index (χ1) is 6.69. The summed E-state index contributed by atoms with van der Waals surface area (Å²) in [5.74, 6) is -0.0170. The standard InChI is InChI=1S/C9H11BrClFN2/c1-2-14(4-3-10)9-8(12)5-7(11)6-13-9/h5-6H,2-4H2,1H3. The average molecular weight is 282 g/mol. The van der Waals surface area contributed by atoms with Crippen molar-refractivity contribution in [3.63, 3.8) is 0 Å². The van der Waals surface area contributed by atoms with Gasteiger partial charge >= 0.3 is 0 Å². The maximum atomic E-state index is 13.4. The molecule has 14 heavy (non-hydrogen) atoms. The molecule has 2 nitrogen and oxygen atoms in total. The normalized spacial score (nSPS) is 10.3. The van der Waals surface area contributed by atoms with E-state index in [0.29, 0.717) is 10.8 Å². The molecule has 0 amide bonds. The highest BCUT2D eigenvalue weighted by Gasteiger charge is 2.10. The first-order valence-electron chi connectivity index (χ1n) is 4.31. The van der Waals surface area contributed by atoms with Crippen molar-refractivity contribution in [2.45, 2.75) is 6.92 Å². The molecule has 0 bridgehead atoms. The molecule has 1 rings (SSSR count). The summed E-state index contributed by atoms with van der Waals surface area (Å²) in [6.45, 7) is 3.40. The minimum atomic E-state index is -0.375. The zero-order chi connectivity index (χ0) is 10.6. The number of pyridine rings is 1. The quantitative estimate of drug-likeness (QED) is 0.789. The number of hydrogen-bond donors (Lipinski definition) is 0. The van der Waals surface area contributed by atoms with Crippen LogP contribution in [-0.4, -0.2) is 23.4 Å². The summed E-state index contributed by atoms with van der Waals surface area (Å²) in [7, 11) is 0. The Hall–Kier alpha value is -0.350. The number of aromatic nitrogens is 1. The third-order valence-corrected chi connectivity index (χ3v) is 2.39. The van der Waals surface area contributed by atoms with Crippen LogP contribution >= 0.6 is 27.5 Å². The largest absolute Gasteiger partial charge is 0.354 e. The zero-order valence-electron chi connectivity index (χ0n) is 7.80. The van der Waals surface area contributed by atoms with Crippen molar-refractivity contribution in [1.82, 2.24) is 4.98 Å². The van der Waals surface area contributed by atoms with Crippen LogP contribution in [-0.2, 0) is 0 Å². The summed E-state index contributed by atoms with van der Waals surface area (Å²) < 4.78 is 13.4. The van der Waals surface area contributed by atoms with Crippen molar-refractivity contribution in [3.8, 4) is 0 Å². The molecule has 5 heteroatoms. The van der Waals surface area contributed by atoms with E-state index in [9.17, 15) is 4.39 Å². The summed E-state index contributed by atoms with van der Waals surface area (Å²) in [6.07, 6.45) is 1.46. The summed E-state index contributed by atoms with van der Waals surface area (Å²) >= 11 is 8.92. The summed E-state index contributed by atoms with van der Waals surface area (Å²) in [5, 5.41) is 1.10. The Morgan fingerprint density at radius 2 is 2.36 bits per heavy atom. The van der Waals surface area contributed by atoms with Gasteiger partial charge in [-0.15, -0.1) is 0 Å². The molecule has 0 aliphatic heterocycles. The Morgan fingerprint density at radius 3 is 2.86 bits per heavy atom. The van der Waals surface area contributed by atoms with Crippen molar-refractivity contribution >= 4 is 33.3 Å². The maximum absolute atomic E-state index is 13.4. The number of nitrogens with zero attached hydrogens (tertiary/aromatic N) is 2. The van der Waals surface area contributed by atoms with E-state index in [1.54, 1.807) is 0 Å². The van der Waals surface area contributed by atoms with E-state index < -0.39 is 0 Å². The van der Waals surface area contributed by atoms with Gasteiger partial charge in [-0.3, -0.25) is 0 Å². The molecule has 0 N–H and O–H groups in total. The lowest BCUT2D eigenvalue weighted by Crippen LogP contribution is -2.26. The fourth-order valence-electron chi connectivity index (χ4n) is 1.16. The van der Waals surface area contributed by atoms with Crippen molar-refractivity contribution in [2.24, 2.45) is 0 Å². The van der Waals surface area contributed by atoms with Gasteiger partial charge in [-0.1, -0.05) is 27.5 Å². The van der Waals surface area contributed by atoms with Crippen molar-refractivity contribution in [1.29, 1.82) is 0 Å². The van der Waals surface area contributed by atoms with Gasteiger partial charge in [-0.2, -0.15) is 0 Å². The summed E-state index contributed by atoms with van der Waals surface area (Å²) in [4.78, 5) is 5.81. The molecule has 1 aromatic heterocycles. The second kappa shape index (κ2) is 5.51. The van der Waals surface area contributed by atoms with Crippen LogP contribution in [0.2, 0.25) is 5.02 Å². The van der Waals surface area contributed by atoms with Crippen LogP contribution in [0.3, 0.4) is 0 Å². The van der Waals surface area contributed by atoms with Gasteiger partial charge < -0.3 is 4.90 Å². The first kappa shape index (κ1) is 11.7. The van der Waals surface area contributed by atoms with Crippen molar-refractivity contribution < 1.29 is 4.39 Å². The van der Waals surface area contributed by atoms with Gasteiger partial charge in [0, 0.05) is 24.6 Å². The fraction of sp³-hybridized carbons (Fsp3) is 0.444. The van der Waals surface area contributed by atoms with Crippen molar-refractivity contribution in [2.75, 3.05) is 23.3 Å². The topological polar surface area (TPSA) is 16.1 Å². The first-order valence-corrected chi connectivity index (χ1v) is 5.81. The Bertz CT molecular complexity index is 309. The minimum absolute atomic E-state index is 0.321. The molecule has 0 fully saturated rings. The monoisotopic (exact) mass is 280 g/mol. The van der Waals surface area contributed by atoms with Gasteiger partial charge in [-0.25, -0.2) is 9.37 Å². The summed E-state index contributed by atoms with van der Waals surface area (Å²) in [5.41, 5.74) is 0. The highest BCUT2D eigenvalue weighted by atomic mass is 79.9. The van der Waals surface area contributed by atoms with E-state index >= 15 is 0 Å². The number of hydrogen-bond acceptors (Lipinski definition) is 2. The molecule has 1 heterocycles. The zero-order valence-corrected chi connectivity index (χ0v) is 10.1. The van der Waals surface area contributed by atoms with Crippen LogP contribution in [0.15, 0.2) is 12.3 Å². The lowest BCUT2D eigenvalue weighted by molar-refractivity contribution is 0.612. The molecule has 0 saturated heterocycles. The van der Waals surface area contributed by atoms with Crippen molar-refractivity contribution in [3.05, 3.63) is 23.1 Å². The highest BCUT2D eigenvalue weighted by molar-refractivity contribution is 9.09. The number of anilines is 1. The molecule has 0 atom stereocenters. The number of halogens is 3. The van der Waals surface area contributed by atoms with Crippen LogP contribution in [0.1, 0.15) is 6.92 Å². The molecule has 0 saturated carbocycles. The Kier molecular flexibility index (Phi) is 4.62. The minimum Gasteiger partial charge on any atom is -0.354 e. The van der Waals surface area contributed by atoms with Crippen LogP contribution in [0.5, 0.6) is 0 Å². The lowest BCUT2D eigenvalue weighted by Gasteiger charge is -2.20. The molecule has 78 valence electrons. The van der Waals surface area contributed by atoms with E-state index in [0.717, 1.165) is 18.4 Å². The van der Waals surface area contributed by atoms with Crippen LogP contribution in [0.25, 0.3) is 0 Å². The molecule has 0 radical (unpaired) electrons. The van der Waals surface area contributed by atoms with E-state index in [-0.39, 0.29) is 5.82 Å². The number of alkyl halides is 1. The predicted molar refractivity (Wildman–Crippen MR) is 60.9 cm³/mol. The van der Waals surface area contributed by atoms with Gasteiger partial charge in [-0.05, 0) is 13.0 Å². The molecular formula is C9H11BrClFN2. The fourth-order valence-corrected chi connectivity index (χ4v) is 1.73. The predicted octanol–water partition coefficient (Wildman–Crippen LogP) is 3.10. The van der Waals surface area contributed by atoms with Gasteiger partial charge in [0.1, 0.15) is 0 Å².